The van der Waals surface area contributed by atoms with Gasteiger partial charge >= 0.3 is 0 Å². The normalized spacial score (nSPS) is 12.9. The second-order valence-corrected chi connectivity index (χ2v) is 5.45. The van der Waals surface area contributed by atoms with Gasteiger partial charge in [0, 0.05) is 13.1 Å². The van der Waals surface area contributed by atoms with E-state index in [0.29, 0.717) is 18.8 Å². The van der Waals surface area contributed by atoms with Crippen molar-refractivity contribution in [2.75, 3.05) is 19.7 Å². The van der Waals surface area contributed by atoms with Gasteiger partial charge in [-0.2, -0.15) is 0 Å². The van der Waals surface area contributed by atoms with Gasteiger partial charge in [0.05, 0.1) is 0 Å². The van der Waals surface area contributed by atoms with Crippen LogP contribution in [0, 0.1) is 5.82 Å². The fraction of sp³-hybridized carbons (Fsp3) is 0.263. The van der Waals surface area contributed by atoms with Crippen LogP contribution in [0.2, 0.25) is 0 Å². The monoisotopic (exact) mass is 315 g/mol. The summed E-state index contributed by atoms with van der Waals surface area (Å²) in [6.07, 6.45) is 1.48. The molecule has 0 aromatic heterocycles. The van der Waals surface area contributed by atoms with Crippen LogP contribution in [0.15, 0.2) is 60.2 Å². The number of hydrogen-bond donors (Lipinski definition) is 2. The Morgan fingerprint density at radius 3 is 2.57 bits per heavy atom. The first-order valence-corrected chi connectivity index (χ1v) is 7.63. The lowest BCUT2D eigenvalue weighted by Crippen LogP contribution is -2.32. The Labute approximate surface area is 136 Å². The number of rotatable bonds is 8. The van der Waals surface area contributed by atoms with Crippen molar-refractivity contribution in [2.24, 2.45) is 0 Å². The first-order valence-electron chi connectivity index (χ1n) is 7.63. The average molecular weight is 315 g/mol. The van der Waals surface area contributed by atoms with Crippen molar-refractivity contribution >= 4 is 6.08 Å². The number of benzene rings is 2. The molecule has 0 aliphatic heterocycles. The highest BCUT2D eigenvalue weighted by molar-refractivity contribution is 5.52. The van der Waals surface area contributed by atoms with Crippen molar-refractivity contribution < 1.29 is 14.2 Å². The number of hydrogen-bond acceptors (Lipinski definition) is 3. The predicted octanol–water partition coefficient (Wildman–Crippen LogP) is 3.26. The summed E-state index contributed by atoms with van der Waals surface area (Å²) in [5.41, 5.74) is 2.34. The molecule has 2 aromatic carbocycles. The first-order chi connectivity index (χ1) is 11.1. The summed E-state index contributed by atoms with van der Waals surface area (Å²) in [5.74, 6) is 0.242. The fourth-order valence-electron chi connectivity index (χ4n) is 2.10. The molecule has 0 amide bonds. The molecule has 0 fully saturated rings. The Balaban J connectivity index is 1.67. The minimum absolute atomic E-state index is 0.167. The van der Waals surface area contributed by atoms with Gasteiger partial charge in [-0.1, -0.05) is 42.0 Å². The lowest BCUT2D eigenvalue weighted by Gasteiger charge is -2.13. The predicted molar refractivity (Wildman–Crippen MR) is 90.9 cm³/mol. The lowest BCUT2D eigenvalue weighted by atomic mass is 10.1. The molecule has 0 radical (unpaired) electrons. The van der Waals surface area contributed by atoms with Gasteiger partial charge in [-0.3, -0.25) is 0 Å². The van der Waals surface area contributed by atoms with Crippen LogP contribution in [-0.2, 0) is 0 Å². The molecule has 0 aliphatic carbocycles. The van der Waals surface area contributed by atoms with Crippen molar-refractivity contribution in [3.63, 3.8) is 0 Å². The number of aliphatic hydroxyl groups is 1. The lowest BCUT2D eigenvalue weighted by molar-refractivity contribution is 0.107. The molecule has 1 atom stereocenters. The van der Waals surface area contributed by atoms with Gasteiger partial charge in [0.1, 0.15) is 24.3 Å². The van der Waals surface area contributed by atoms with E-state index in [1.807, 2.05) is 25.1 Å². The smallest absolute Gasteiger partial charge is 0.123 e. The molecule has 0 saturated carbocycles. The van der Waals surface area contributed by atoms with E-state index >= 15 is 0 Å². The molecule has 2 N–H and O–H groups in total. The second-order valence-electron chi connectivity index (χ2n) is 5.45. The molecule has 2 rings (SSSR count). The molecule has 0 spiro atoms. The maximum atomic E-state index is 12.8. The molecule has 3 nitrogen and oxygen atoms in total. The number of aliphatic hydroxyl groups excluding tert-OH is 1. The van der Waals surface area contributed by atoms with Crippen molar-refractivity contribution in [3.05, 3.63) is 71.6 Å². The van der Waals surface area contributed by atoms with Crippen LogP contribution < -0.4 is 10.1 Å². The van der Waals surface area contributed by atoms with E-state index in [9.17, 15) is 9.50 Å². The molecule has 2 aromatic rings. The molecular weight excluding hydrogens is 293 g/mol. The quantitative estimate of drug-likeness (QED) is 0.786. The molecule has 122 valence electrons. The molecule has 4 heteroatoms. The summed E-state index contributed by atoms with van der Waals surface area (Å²) in [7, 11) is 0. The molecule has 0 heterocycles. The Hall–Kier alpha value is -2.17. The molecule has 23 heavy (non-hydrogen) atoms. The third-order valence-corrected chi connectivity index (χ3v) is 3.25. The van der Waals surface area contributed by atoms with E-state index < -0.39 is 6.10 Å². The highest BCUT2D eigenvalue weighted by Gasteiger charge is 2.05. The average Bonchev–Trinajstić information content (AvgIpc) is 2.55. The second kappa shape index (κ2) is 9.08. The van der Waals surface area contributed by atoms with Crippen LogP contribution in [-0.4, -0.2) is 30.9 Å². The van der Waals surface area contributed by atoms with Crippen LogP contribution in [0.5, 0.6) is 5.75 Å². The molecule has 0 saturated heterocycles. The van der Waals surface area contributed by atoms with Crippen LogP contribution in [0.1, 0.15) is 12.5 Å². The van der Waals surface area contributed by atoms with Crippen LogP contribution in [0.4, 0.5) is 4.39 Å². The standard InChI is InChI=1S/C19H22FNO2/c1-15(11-16-5-3-2-4-6-16)12-21-13-18(22)14-23-19-9-7-17(20)8-10-19/h2-11,18,21-22H,12-14H2,1H3/b15-11-. The largest absolute Gasteiger partial charge is 0.491 e. The van der Waals surface area contributed by atoms with Gasteiger partial charge in [0.2, 0.25) is 0 Å². The molecular formula is C19H22FNO2. The third kappa shape index (κ3) is 6.63. The summed E-state index contributed by atoms with van der Waals surface area (Å²) in [5, 5.41) is 13.1. The van der Waals surface area contributed by atoms with E-state index in [1.54, 1.807) is 12.1 Å². The number of ether oxygens (including phenoxy) is 1. The van der Waals surface area contributed by atoms with Crippen LogP contribution >= 0.6 is 0 Å². The van der Waals surface area contributed by atoms with Crippen LogP contribution in [0.25, 0.3) is 6.08 Å². The summed E-state index contributed by atoms with van der Waals surface area (Å²) in [6, 6.07) is 15.8. The van der Waals surface area contributed by atoms with Gasteiger partial charge in [-0.05, 0) is 36.8 Å². The number of halogens is 1. The Bertz CT molecular complexity index is 611. The van der Waals surface area contributed by atoms with E-state index in [-0.39, 0.29) is 12.4 Å². The molecule has 1 unspecified atom stereocenters. The van der Waals surface area contributed by atoms with E-state index in [0.717, 1.165) is 5.56 Å². The Kier molecular flexibility index (Phi) is 6.78. The van der Waals surface area contributed by atoms with Gasteiger partial charge in [-0.15, -0.1) is 0 Å². The summed E-state index contributed by atoms with van der Waals surface area (Å²) in [6.45, 7) is 3.34. The zero-order valence-corrected chi connectivity index (χ0v) is 13.2. The Morgan fingerprint density at radius 1 is 1.17 bits per heavy atom. The zero-order chi connectivity index (χ0) is 16.5. The highest BCUT2D eigenvalue weighted by Crippen LogP contribution is 2.11. The summed E-state index contributed by atoms with van der Waals surface area (Å²) >= 11 is 0. The van der Waals surface area contributed by atoms with Crippen molar-refractivity contribution in [1.82, 2.24) is 5.32 Å². The van der Waals surface area contributed by atoms with E-state index in [1.165, 1.54) is 17.7 Å². The molecule has 0 bridgehead atoms. The SMILES string of the molecule is C/C(=C/c1ccccc1)CNCC(O)COc1ccc(F)cc1. The first kappa shape index (κ1) is 17.2. The van der Waals surface area contributed by atoms with Gasteiger partial charge in [0.15, 0.2) is 0 Å². The maximum absolute atomic E-state index is 12.8. The topological polar surface area (TPSA) is 41.5 Å². The highest BCUT2D eigenvalue weighted by atomic mass is 19.1. The minimum Gasteiger partial charge on any atom is -0.491 e. The number of nitrogens with one attached hydrogen (secondary N) is 1. The maximum Gasteiger partial charge on any atom is 0.123 e. The van der Waals surface area contributed by atoms with Gasteiger partial charge in [0.25, 0.3) is 0 Å². The summed E-state index contributed by atoms with van der Waals surface area (Å²) in [4.78, 5) is 0. The van der Waals surface area contributed by atoms with Crippen molar-refractivity contribution in [1.29, 1.82) is 0 Å². The van der Waals surface area contributed by atoms with Gasteiger partial charge < -0.3 is 15.2 Å². The van der Waals surface area contributed by atoms with Gasteiger partial charge in [-0.25, -0.2) is 4.39 Å². The van der Waals surface area contributed by atoms with E-state index in [2.05, 4.69) is 23.5 Å². The summed E-state index contributed by atoms with van der Waals surface area (Å²) < 4.78 is 18.2. The van der Waals surface area contributed by atoms with Crippen molar-refractivity contribution in [3.8, 4) is 5.75 Å². The zero-order valence-electron chi connectivity index (χ0n) is 13.2. The third-order valence-electron chi connectivity index (χ3n) is 3.25. The molecule has 0 aliphatic rings. The van der Waals surface area contributed by atoms with E-state index in [4.69, 9.17) is 4.74 Å². The fourth-order valence-corrected chi connectivity index (χ4v) is 2.10. The van der Waals surface area contributed by atoms with Crippen LogP contribution in [0.3, 0.4) is 0 Å². The van der Waals surface area contributed by atoms with Crippen molar-refractivity contribution in [2.45, 2.75) is 13.0 Å². The Morgan fingerprint density at radius 2 is 1.87 bits per heavy atom. The minimum atomic E-state index is -0.621.